The predicted octanol–water partition coefficient (Wildman–Crippen LogP) is 3.88. The first-order valence-electron chi connectivity index (χ1n) is 8.58. The van der Waals surface area contributed by atoms with Crippen molar-refractivity contribution in [3.8, 4) is 0 Å². The summed E-state index contributed by atoms with van der Waals surface area (Å²) in [6.07, 6.45) is 0. The maximum Gasteiger partial charge on any atom is 0.319 e. The van der Waals surface area contributed by atoms with Crippen molar-refractivity contribution in [2.45, 2.75) is 33.7 Å². The van der Waals surface area contributed by atoms with Crippen LogP contribution in [0.15, 0.2) is 53.7 Å². The monoisotopic (exact) mass is 349 g/mol. The summed E-state index contributed by atoms with van der Waals surface area (Å²) in [5.41, 5.74) is 5.90. The molecule has 0 saturated heterocycles. The van der Waals surface area contributed by atoms with E-state index in [9.17, 15) is 9.59 Å². The summed E-state index contributed by atoms with van der Waals surface area (Å²) >= 11 is 0. The number of amides is 3. The molecule has 1 unspecified atom stereocenters. The smallest absolute Gasteiger partial charge is 0.319 e. The van der Waals surface area contributed by atoms with Crippen molar-refractivity contribution >= 4 is 17.6 Å². The van der Waals surface area contributed by atoms with Crippen LogP contribution in [0.2, 0.25) is 0 Å². The SMILES string of the molecule is CC1=C(C(=O)Nc2cc(C)cc(C)c2)C(c2ccccc2C)NC(=O)N1. The lowest BCUT2D eigenvalue weighted by Crippen LogP contribution is -2.46. The molecule has 0 spiro atoms. The quantitative estimate of drug-likeness (QED) is 0.787. The number of allylic oxidation sites excluding steroid dienone is 1. The van der Waals surface area contributed by atoms with Crippen LogP contribution in [0.4, 0.5) is 10.5 Å². The van der Waals surface area contributed by atoms with E-state index >= 15 is 0 Å². The Morgan fingerprint density at radius 2 is 1.65 bits per heavy atom. The molecule has 1 aliphatic heterocycles. The number of anilines is 1. The van der Waals surface area contributed by atoms with Crippen molar-refractivity contribution in [2.24, 2.45) is 0 Å². The van der Waals surface area contributed by atoms with Crippen molar-refractivity contribution in [1.29, 1.82) is 0 Å². The Hall–Kier alpha value is -3.08. The van der Waals surface area contributed by atoms with Crippen LogP contribution < -0.4 is 16.0 Å². The van der Waals surface area contributed by atoms with Crippen molar-refractivity contribution in [3.05, 3.63) is 76.0 Å². The van der Waals surface area contributed by atoms with Crippen molar-refractivity contribution in [2.75, 3.05) is 5.32 Å². The first-order valence-corrected chi connectivity index (χ1v) is 8.58. The highest BCUT2D eigenvalue weighted by Crippen LogP contribution is 2.29. The summed E-state index contributed by atoms with van der Waals surface area (Å²) in [4.78, 5) is 25.0. The van der Waals surface area contributed by atoms with Gasteiger partial charge >= 0.3 is 6.03 Å². The molecule has 3 N–H and O–H groups in total. The molecule has 26 heavy (non-hydrogen) atoms. The van der Waals surface area contributed by atoms with E-state index in [1.807, 2.05) is 57.2 Å². The lowest BCUT2D eigenvalue weighted by molar-refractivity contribution is -0.113. The van der Waals surface area contributed by atoms with E-state index in [2.05, 4.69) is 22.0 Å². The molecule has 5 nitrogen and oxygen atoms in total. The zero-order valence-corrected chi connectivity index (χ0v) is 15.4. The maximum absolute atomic E-state index is 13.0. The molecule has 1 atom stereocenters. The number of nitrogens with one attached hydrogen (secondary N) is 3. The van der Waals surface area contributed by atoms with Crippen molar-refractivity contribution < 1.29 is 9.59 Å². The van der Waals surface area contributed by atoms with Crippen LogP contribution >= 0.6 is 0 Å². The molecule has 1 heterocycles. The molecule has 3 amide bonds. The van der Waals surface area contributed by atoms with Gasteiger partial charge in [0.05, 0.1) is 11.6 Å². The largest absolute Gasteiger partial charge is 0.327 e. The lowest BCUT2D eigenvalue weighted by atomic mass is 9.92. The Labute approximate surface area is 153 Å². The molecular formula is C21H23N3O2. The molecule has 0 aromatic heterocycles. The molecular weight excluding hydrogens is 326 g/mol. The Kier molecular flexibility index (Phi) is 4.80. The van der Waals surface area contributed by atoms with Crippen LogP contribution in [0.1, 0.15) is 35.2 Å². The lowest BCUT2D eigenvalue weighted by Gasteiger charge is -2.29. The number of carbonyl (C=O) groups is 2. The Balaban J connectivity index is 1.98. The molecule has 0 saturated carbocycles. The van der Waals surface area contributed by atoms with E-state index in [1.54, 1.807) is 6.92 Å². The summed E-state index contributed by atoms with van der Waals surface area (Å²) in [6.45, 7) is 7.70. The minimum Gasteiger partial charge on any atom is -0.327 e. The summed E-state index contributed by atoms with van der Waals surface area (Å²) in [6, 6.07) is 12.9. The number of urea groups is 1. The van der Waals surface area contributed by atoms with Gasteiger partial charge in [0, 0.05) is 11.4 Å². The number of hydrogen-bond donors (Lipinski definition) is 3. The molecule has 0 fully saturated rings. The normalized spacial score (nSPS) is 16.8. The second-order valence-corrected chi connectivity index (χ2v) is 6.76. The molecule has 0 bridgehead atoms. The van der Waals surface area contributed by atoms with Gasteiger partial charge in [0.1, 0.15) is 0 Å². The molecule has 3 rings (SSSR count). The summed E-state index contributed by atoms with van der Waals surface area (Å²) < 4.78 is 0. The first kappa shape index (κ1) is 17.7. The van der Waals surface area contributed by atoms with E-state index in [1.165, 1.54) is 0 Å². The molecule has 5 heteroatoms. The van der Waals surface area contributed by atoms with Crippen LogP contribution in [0.25, 0.3) is 0 Å². The fourth-order valence-electron chi connectivity index (χ4n) is 3.38. The zero-order chi connectivity index (χ0) is 18.8. The molecule has 134 valence electrons. The van der Waals surface area contributed by atoms with Gasteiger partial charge in [0.2, 0.25) is 0 Å². The zero-order valence-electron chi connectivity index (χ0n) is 15.4. The van der Waals surface area contributed by atoms with Gasteiger partial charge in [-0.3, -0.25) is 4.79 Å². The van der Waals surface area contributed by atoms with Crippen LogP contribution in [0.3, 0.4) is 0 Å². The number of rotatable bonds is 3. The third kappa shape index (κ3) is 3.61. The van der Waals surface area contributed by atoms with E-state index in [4.69, 9.17) is 0 Å². The fourth-order valence-corrected chi connectivity index (χ4v) is 3.38. The van der Waals surface area contributed by atoms with Gasteiger partial charge in [-0.15, -0.1) is 0 Å². The molecule has 1 aliphatic rings. The first-order chi connectivity index (χ1) is 12.3. The van der Waals surface area contributed by atoms with Crippen LogP contribution in [-0.4, -0.2) is 11.9 Å². The van der Waals surface area contributed by atoms with Gasteiger partial charge in [0.15, 0.2) is 0 Å². The fraction of sp³-hybridized carbons (Fsp3) is 0.238. The summed E-state index contributed by atoms with van der Waals surface area (Å²) in [5, 5.41) is 8.55. The summed E-state index contributed by atoms with van der Waals surface area (Å²) in [7, 11) is 0. The topological polar surface area (TPSA) is 70.2 Å². The average Bonchev–Trinajstić information content (AvgIpc) is 2.53. The van der Waals surface area contributed by atoms with E-state index in [0.717, 1.165) is 27.9 Å². The Morgan fingerprint density at radius 1 is 1.00 bits per heavy atom. The van der Waals surface area contributed by atoms with Crippen molar-refractivity contribution in [3.63, 3.8) is 0 Å². The average molecular weight is 349 g/mol. The Bertz CT molecular complexity index is 895. The van der Waals surface area contributed by atoms with Gasteiger partial charge < -0.3 is 16.0 Å². The second-order valence-electron chi connectivity index (χ2n) is 6.76. The highest BCUT2D eigenvalue weighted by molar-refractivity contribution is 6.06. The minimum atomic E-state index is -0.490. The molecule has 0 aliphatic carbocycles. The highest BCUT2D eigenvalue weighted by Gasteiger charge is 2.31. The van der Waals surface area contributed by atoms with Gasteiger partial charge in [-0.05, 0) is 62.1 Å². The molecule has 2 aromatic carbocycles. The van der Waals surface area contributed by atoms with Gasteiger partial charge in [-0.25, -0.2) is 4.79 Å². The molecule has 0 radical (unpaired) electrons. The van der Waals surface area contributed by atoms with Crippen LogP contribution in [0.5, 0.6) is 0 Å². The predicted molar refractivity (Wildman–Crippen MR) is 103 cm³/mol. The third-order valence-corrected chi connectivity index (χ3v) is 4.49. The minimum absolute atomic E-state index is 0.228. The van der Waals surface area contributed by atoms with Gasteiger partial charge in [-0.1, -0.05) is 30.3 Å². The number of aryl methyl sites for hydroxylation is 3. The van der Waals surface area contributed by atoms with E-state index in [0.29, 0.717) is 11.3 Å². The number of hydrogen-bond acceptors (Lipinski definition) is 2. The second kappa shape index (κ2) is 7.04. The maximum atomic E-state index is 13.0. The summed E-state index contributed by atoms with van der Waals surface area (Å²) in [5.74, 6) is -0.228. The number of carbonyl (C=O) groups excluding carboxylic acids is 2. The van der Waals surface area contributed by atoms with Crippen LogP contribution in [0, 0.1) is 20.8 Å². The highest BCUT2D eigenvalue weighted by atomic mass is 16.2. The van der Waals surface area contributed by atoms with Crippen molar-refractivity contribution in [1.82, 2.24) is 10.6 Å². The van der Waals surface area contributed by atoms with Crippen LogP contribution in [-0.2, 0) is 4.79 Å². The molecule has 2 aromatic rings. The van der Waals surface area contributed by atoms with Gasteiger partial charge in [-0.2, -0.15) is 0 Å². The van der Waals surface area contributed by atoms with E-state index < -0.39 is 6.04 Å². The van der Waals surface area contributed by atoms with Gasteiger partial charge in [0.25, 0.3) is 5.91 Å². The third-order valence-electron chi connectivity index (χ3n) is 4.49. The Morgan fingerprint density at radius 3 is 2.31 bits per heavy atom. The standard InChI is InChI=1S/C21H23N3O2/c1-12-9-13(2)11-16(10-12)23-20(25)18-15(4)22-21(26)24-19(18)17-8-6-5-7-14(17)3/h5-11,19H,1-4H3,(H,23,25)(H2,22,24,26). The van der Waals surface area contributed by atoms with E-state index in [-0.39, 0.29) is 11.9 Å². The number of benzene rings is 2.